The summed E-state index contributed by atoms with van der Waals surface area (Å²) >= 11 is 1.55. The van der Waals surface area contributed by atoms with E-state index >= 15 is 0 Å². The van der Waals surface area contributed by atoms with Gasteiger partial charge in [-0.2, -0.15) is 0 Å². The summed E-state index contributed by atoms with van der Waals surface area (Å²) in [6, 6.07) is 0. The minimum absolute atomic E-state index is 0.0518. The van der Waals surface area contributed by atoms with Gasteiger partial charge < -0.3 is 10.6 Å². The number of hydrogen-bond acceptors (Lipinski definition) is 4. The summed E-state index contributed by atoms with van der Waals surface area (Å²) in [5.74, 6) is -0.0518. The minimum atomic E-state index is -0.0518. The van der Waals surface area contributed by atoms with Crippen molar-refractivity contribution < 1.29 is 4.79 Å². The summed E-state index contributed by atoms with van der Waals surface area (Å²) in [7, 11) is 0. The number of aromatic nitrogens is 1. The lowest BCUT2D eigenvalue weighted by Gasteiger charge is -2.09. The van der Waals surface area contributed by atoms with E-state index in [-0.39, 0.29) is 5.91 Å². The molecule has 1 aliphatic heterocycles. The second kappa shape index (κ2) is 4.55. The van der Waals surface area contributed by atoms with Gasteiger partial charge in [-0.25, -0.2) is 4.98 Å². The van der Waals surface area contributed by atoms with Crippen molar-refractivity contribution in [1.29, 1.82) is 0 Å². The number of fused-ring (bicyclic) bond motifs is 1. The molecular weight excluding hydrogens is 210 g/mol. The average Bonchev–Trinajstić information content (AvgIpc) is 2.59. The van der Waals surface area contributed by atoms with Crippen LogP contribution in [0.4, 0.5) is 5.13 Å². The SMILES string of the molecule is C=CCC(=O)Nc1nc2c(s1)CNCC2. The van der Waals surface area contributed by atoms with Crippen LogP contribution < -0.4 is 10.6 Å². The van der Waals surface area contributed by atoms with Crippen LogP contribution in [-0.4, -0.2) is 17.4 Å². The third-order valence-electron chi connectivity index (χ3n) is 2.18. The van der Waals surface area contributed by atoms with Gasteiger partial charge in [0, 0.05) is 30.8 Å². The van der Waals surface area contributed by atoms with Crippen LogP contribution in [0, 0.1) is 0 Å². The molecule has 2 N–H and O–H groups in total. The van der Waals surface area contributed by atoms with E-state index in [4.69, 9.17) is 0 Å². The Morgan fingerprint density at radius 2 is 2.60 bits per heavy atom. The Balaban J connectivity index is 2.06. The van der Waals surface area contributed by atoms with E-state index in [1.165, 1.54) is 4.88 Å². The van der Waals surface area contributed by atoms with Crippen LogP contribution in [-0.2, 0) is 17.8 Å². The second-order valence-electron chi connectivity index (χ2n) is 3.36. The standard InChI is InChI=1S/C10H13N3OS/c1-2-3-9(14)13-10-12-7-4-5-11-6-8(7)15-10/h2,11H,1,3-6H2,(H,12,13,14). The van der Waals surface area contributed by atoms with E-state index in [9.17, 15) is 4.79 Å². The second-order valence-corrected chi connectivity index (χ2v) is 4.44. The lowest BCUT2D eigenvalue weighted by atomic mass is 10.2. The van der Waals surface area contributed by atoms with Gasteiger partial charge in [-0.05, 0) is 0 Å². The maximum Gasteiger partial charge on any atom is 0.229 e. The lowest BCUT2D eigenvalue weighted by Crippen LogP contribution is -2.22. The summed E-state index contributed by atoms with van der Waals surface area (Å²) in [5, 5.41) is 6.75. The van der Waals surface area contributed by atoms with Crippen molar-refractivity contribution in [3.63, 3.8) is 0 Å². The van der Waals surface area contributed by atoms with Gasteiger partial charge in [-0.15, -0.1) is 17.9 Å². The molecular formula is C10H13N3OS. The molecule has 0 saturated heterocycles. The fourth-order valence-corrected chi connectivity index (χ4v) is 2.47. The largest absolute Gasteiger partial charge is 0.311 e. The highest BCUT2D eigenvalue weighted by Gasteiger charge is 2.15. The summed E-state index contributed by atoms with van der Waals surface area (Å²) in [5.41, 5.74) is 1.12. The summed E-state index contributed by atoms with van der Waals surface area (Å²) in [6.07, 6.45) is 2.87. The van der Waals surface area contributed by atoms with Crippen molar-refractivity contribution in [2.75, 3.05) is 11.9 Å². The first kappa shape index (κ1) is 10.3. The van der Waals surface area contributed by atoms with Crippen molar-refractivity contribution in [2.24, 2.45) is 0 Å². The van der Waals surface area contributed by atoms with E-state index in [1.807, 2.05) is 0 Å². The molecule has 0 fully saturated rings. The molecule has 1 aromatic heterocycles. The molecule has 0 aliphatic carbocycles. The predicted octanol–water partition coefficient (Wildman–Crippen LogP) is 1.30. The van der Waals surface area contributed by atoms with Gasteiger partial charge in [0.05, 0.1) is 5.69 Å². The maximum absolute atomic E-state index is 11.3. The van der Waals surface area contributed by atoms with Gasteiger partial charge in [0.15, 0.2) is 5.13 Å². The van der Waals surface area contributed by atoms with Crippen LogP contribution in [0.5, 0.6) is 0 Å². The molecule has 5 heteroatoms. The van der Waals surface area contributed by atoms with Crippen LogP contribution >= 0.6 is 11.3 Å². The Labute approximate surface area is 92.4 Å². The molecule has 0 unspecified atom stereocenters. The number of carbonyl (C=O) groups excluding carboxylic acids is 1. The molecule has 1 aromatic rings. The topological polar surface area (TPSA) is 54.0 Å². The van der Waals surface area contributed by atoms with Gasteiger partial charge in [0.2, 0.25) is 5.91 Å². The third-order valence-corrected chi connectivity index (χ3v) is 3.19. The van der Waals surface area contributed by atoms with Crippen LogP contribution in [0.3, 0.4) is 0 Å². The van der Waals surface area contributed by atoms with E-state index in [2.05, 4.69) is 22.2 Å². The zero-order valence-electron chi connectivity index (χ0n) is 8.38. The number of nitrogens with zero attached hydrogens (tertiary/aromatic N) is 1. The number of carbonyl (C=O) groups is 1. The van der Waals surface area contributed by atoms with Crippen molar-refractivity contribution in [1.82, 2.24) is 10.3 Å². The molecule has 15 heavy (non-hydrogen) atoms. The quantitative estimate of drug-likeness (QED) is 0.759. The summed E-state index contributed by atoms with van der Waals surface area (Å²) < 4.78 is 0. The third kappa shape index (κ3) is 2.43. The Bertz CT molecular complexity index is 363. The maximum atomic E-state index is 11.3. The Kier molecular flexibility index (Phi) is 3.13. The van der Waals surface area contributed by atoms with Gasteiger partial charge in [-0.1, -0.05) is 6.08 Å². The molecule has 0 radical (unpaired) electrons. The van der Waals surface area contributed by atoms with E-state index in [1.54, 1.807) is 17.4 Å². The molecule has 2 heterocycles. The number of nitrogens with one attached hydrogen (secondary N) is 2. The molecule has 2 rings (SSSR count). The normalized spacial score (nSPS) is 14.4. The van der Waals surface area contributed by atoms with Crippen LogP contribution in [0.15, 0.2) is 12.7 Å². The van der Waals surface area contributed by atoms with Crippen molar-refractivity contribution in [2.45, 2.75) is 19.4 Å². The van der Waals surface area contributed by atoms with Crippen molar-refractivity contribution in [3.05, 3.63) is 23.2 Å². The van der Waals surface area contributed by atoms with Gasteiger partial charge >= 0.3 is 0 Å². The molecule has 4 nitrogen and oxygen atoms in total. The molecule has 1 aliphatic rings. The average molecular weight is 223 g/mol. The zero-order chi connectivity index (χ0) is 10.7. The molecule has 0 atom stereocenters. The summed E-state index contributed by atoms with van der Waals surface area (Å²) in [4.78, 5) is 16.9. The molecule has 0 saturated carbocycles. The summed E-state index contributed by atoms with van der Waals surface area (Å²) in [6.45, 7) is 5.35. The number of anilines is 1. The number of rotatable bonds is 3. The first-order chi connectivity index (χ1) is 7.29. The highest BCUT2D eigenvalue weighted by atomic mass is 32.1. The van der Waals surface area contributed by atoms with E-state index < -0.39 is 0 Å². The van der Waals surface area contributed by atoms with E-state index in [0.717, 1.165) is 25.2 Å². The van der Waals surface area contributed by atoms with E-state index in [0.29, 0.717) is 11.6 Å². The fourth-order valence-electron chi connectivity index (χ4n) is 1.48. The van der Waals surface area contributed by atoms with Crippen LogP contribution in [0.1, 0.15) is 17.0 Å². The fraction of sp³-hybridized carbons (Fsp3) is 0.400. The molecule has 0 spiro atoms. The zero-order valence-corrected chi connectivity index (χ0v) is 9.19. The number of hydrogen-bond donors (Lipinski definition) is 2. The lowest BCUT2D eigenvalue weighted by molar-refractivity contribution is -0.115. The highest BCUT2D eigenvalue weighted by molar-refractivity contribution is 7.15. The predicted molar refractivity (Wildman–Crippen MR) is 61.0 cm³/mol. The Hall–Kier alpha value is -1.20. The van der Waals surface area contributed by atoms with Crippen molar-refractivity contribution in [3.8, 4) is 0 Å². The first-order valence-electron chi connectivity index (χ1n) is 4.89. The molecule has 0 aromatic carbocycles. The van der Waals surface area contributed by atoms with Gasteiger partial charge in [0.25, 0.3) is 0 Å². The molecule has 1 amide bonds. The highest BCUT2D eigenvalue weighted by Crippen LogP contribution is 2.25. The smallest absolute Gasteiger partial charge is 0.229 e. The first-order valence-corrected chi connectivity index (χ1v) is 5.71. The van der Waals surface area contributed by atoms with Gasteiger partial charge in [0.1, 0.15) is 0 Å². The Morgan fingerprint density at radius 3 is 3.33 bits per heavy atom. The van der Waals surface area contributed by atoms with Crippen molar-refractivity contribution >= 4 is 22.4 Å². The molecule has 0 bridgehead atoms. The van der Waals surface area contributed by atoms with Crippen LogP contribution in [0.25, 0.3) is 0 Å². The van der Waals surface area contributed by atoms with Crippen LogP contribution in [0.2, 0.25) is 0 Å². The Morgan fingerprint density at radius 1 is 1.73 bits per heavy atom. The molecule has 80 valence electrons. The number of amides is 1. The van der Waals surface area contributed by atoms with Gasteiger partial charge in [-0.3, -0.25) is 4.79 Å². The number of thiazole rings is 1. The monoisotopic (exact) mass is 223 g/mol. The minimum Gasteiger partial charge on any atom is -0.311 e.